The van der Waals surface area contributed by atoms with Crippen LogP contribution in [0, 0.1) is 12.7 Å². The number of hydrogen-bond acceptors (Lipinski definition) is 2. The number of nitrogens with zero attached hydrogens (tertiary/aromatic N) is 1. The topological polar surface area (TPSA) is 45.8 Å². The third-order valence-electron chi connectivity index (χ3n) is 4.89. The number of ketones is 1. The lowest BCUT2D eigenvalue weighted by atomic mass is 9.81. The summed E-state index contributed by atoms with van der Waals surface area (Å²) in [5, 5.41) is 0.721. The second-order valence-corrected chi connectivity index (χ2v) is 7.29. The smallest absolute Gasteiger partial charge is 0.172 e. The van der Waals surface area contributed by atoms with Gasteiger partial charge in [-0.2, -0.15) is 0 Å². The number of fused-ring (bicyclic) bond motifs is 1. The first-order valence-electron chi connectivity index (χ1n) is 8.28. The van der Waals surface area contributed by atoms with E-state index in [9.17, 15) is 9.18 Å². The summed E-state index contributed by atoms with van der Waals surface area (Å²) in [4.78, 5) is 20.4. The summed E-state index contributed by atoms with van der Waals surface area (Å²) in [6.07, 6.45) is 3.04. The van der Waals surface area contributed by atoms with Crippen molar-refractivity contribution in [3.05, 3.63) is 74.9 Å². The van der Waals surface area contributed by atoms with E-state index < -0.39 is 5.82 Å². The van der Waals surface area contributed by atoms with Crippen molar-refractivity contribution in [1.82, 2.24) is 9.97 Å². The van der Waals surface area contributed by atoms with Crippen LogP contribution < -0.4 is 0 Å². The molecule has 0 fully saturated rings. The Bertz CT molecular complexity index is 1010. The minimum atomic E-state index is -0.419. The summed E-state index contributed by atoms with van der Waals surface area (Å²) in [5.74, 6) is -0.682. The number of aromatic nitrogens is 2. The van der Waals surface area contributed by atoms with Crippen LogP contribution in [0.2, 0.25) is 10.2 Å². The van der Waals surface area contributed by atoms with E-state index in [1.165, 1.54) is 6.07 Å². The molecular weight excluding hydrogens is 374 g/mol. The Labute approximate surface area is 160 Å². The molecule has 1 aliphatic carbocycles. The number of H-pyrrole nitrogens is 1. The van der Waals surface area contributed by atoms with E-state index in [-0.39, 0.29) is 17.3 Å². The fraction of sp³-hybridized carbons (Fsp3) is 0.200. The van der Waals surface area contributed by atoms with Gasteiger partial charge in [-0.15, -0.1) is 0 Å². The molecule has 0 radical (unpaired) electrons. The molecule has 3 aromatic rings. The summed E-state index contributed by atoms with van der Waals surface area (Å²) in [6, 6.07) is 8.01. The van der Waals surface area contributed by atoms with Crippen molar-refractivity contribution in [3.8, 4) is 11.3 Å². The van der Waals surface area contributed by atoms with Gasteiger partial charge in [-0.25, -0.2) is 9.37 Å². The monoisotopic (exact) mass is 388 g/mol. The molecule has 6 heteroatoms. The van der Waals surface area contributed by atoms with Crippen molar-refractivity contribution in [1.29, 1.82) is 0 Å². The zero-order valence-electron chi connectivity index (χ0n) is 13.9. The van der Waals surface area contributed by atoms with Gasteiger partial charge in [-0.1, -0.05) is 29.3 Å². The second-order valence-electron chi connectivity index (χ2n) is 6.49. The van der Waals surface area contributed by atoms with E-state index in [4.69, 9.17) is 23.2 Å². The number of rotatable bonds is 2. The minimum Gasteiger partial charge on any atom is -0.358 e. The maximum atomic E-state index is 14.2. The van der Waals surface area contributed by atoms with Gasteiger partial charge in [0.15, 0.2) is 5.78 Å². The van der Waals surface area contributed by atoms with Gasteiger partial charge < -0.3 is 4.98 Å². The lowest BCUT2D eigenvalue weighted by Crippen LogP contribution is -2.21. The fourth-order valence-electron chi connectivity index (χ4n) is 3.61. The summed E-state index contributed by atoms with van der Waals surface area (Å²) in [5.41, 5.74) is 4.05. The molecule has 0 aliphatic heterocycles. The molecule has 0 saturated heterocycles. The van der Waals surface area contributed by atoms with Crippen molar-refractivity contribution < 1.29 is 9.18 Å². The van der Waals surface area contributed by atoms with Gasteiger partial charge >= 0.3 is 0 Å². The molecule has 1 unspecified atom stereocenters. The van der Waals surface area contributed by atoms with Crippen LogP contribution in [0.5, 0.6) is 0 Å². The van der Waals surface area contributed by atoms with Crippen molar-refractivity contribution in [2.75, 3.05) is 0 Å². The Balaban J connectivity index is 1.75. The molecule has 0 saturated carbocycles. The number of pyridine rings is 1. The standard InChI is InChI=1S/C20H15Cl2FN2O/c1-10-7-18(22)24-9-13(10)11-5-6-16-12(20(11)26)8-17(25-16)19-14(21)3-2-4-15(19)23/h2-4,7-9,11,25H,5-6H2,1H3. The summed E-state index contributed by atoms with van der Waals surface area (Å²) >= 11 is 12.1. The lowest BCUT2D eigenvalue weighted by Gasteiger charge is -2.22. The van der Waals surface area contributed by atoms with Gasteiger partial charge in [0.2, 0.25) is 0 Å². The number of aryl methyl sites for hydroxylation is 2. The van der Waals surface area contributed by atoms with E-state index in [0.717, 1.165) is 16.8 Å². The predicted molar refractivity (Wildman–Crippen MR) is 101 cm³/mol. The normalized spacial score (nSPS) is 16.6. The zero-order valence-corrected chi connectivity index (χ0v) is 15.5. The maximum Gasteiger partial charge on any atom is 0.172 e. The first-order valence-corrected chi connectivity index (χ1v) is 9.04. The molecular formula is C20H15Cl2FN2O. The van der Waals surface area contributed by atoms with Crippen molar-refractivity contribution in [3.63, 3.8) is 0 Å². The molecule has 1 aromatic carbocycles. The molecule has 26 heavy (non-hydrogen) atoms. The average Bonchev–Trinajstić information content (AvgIpc) is 3.00. The highest BCUT2D eigenvalue weighted by Gasteiger charge is 2.32. The largest absolute Gasteiger partial charge is 0.358 e. The number of carbonyl (C=O) groups is 1. The molecule has 2 aromatic heterocycles. The molecule has 1 atom stereocenters. The number of halogens is 3. The van der Waals surface area contributed by atoms with E-state index >= 15 is 0 Å². The minimum absolute atomic E-state index is 0.00781. The van der Waals surface area contributed by atoms with E-state index in [1.807, 2.05) is 6.92 Å². The van der Waals surface area contributed by atoms with Crippen molar-refractivity contribution in [2.24, 2.45) is 0 Å². The molecule has 0 bridgehead atoms. The molecule has 0 spiro atoms. The van der Waals surface area contributed by atoms with Gasteiger partial charge in [0, 0.05) is 23.4 Å². The molecule has 0 amide bonds. The Morgan fingerprint density at radius 1 is 1.27 bits per heavy atom. The van der Waals surface area contributed by atoms with E-state index in [1.54, 1.807) is 30.5 Å². The van der Waals surface area contributed by atoms with Crippen LogP contribution in [0.3, 0.4) is 0 Å². The second kappa shape index (κ2) is 6.53. The summed E-state index contributed by atoms with van der Waals surface area (Å²) in [6.45, 7) is 1.92. The molecule has 1 N–H and O–H groups in total. The number of carbonyl (C=O) groups excluding carboxylic acids is 1. The molecule has 2 heterocycles. The van der Waals surface area contributed by atoms with Crippen molar-refractivity contribution in [2.45, 2.75) is 25.7 Å². The third-order valence-corrected chi connectivity index (χ3v) is 5.41. The number of aromatic amines is 1. The molecule has 1 aliphatic rings. The highest BCUT2D eigenvalue weighted by Crippen LogP contribution is 2.38. The highest BCUT2D eigenvalue weighted by molar-refractivity contribution is 6.33. The number of Topliss-reactive ketones (excluding diaryl/α,β-unsaturated/α-hetero) is 1. The van der Waals surface area contributed by atoms with Crippen LogP contribution in [0.4, 0.5) is 4.39 Å². The summed E-state index contributed by atoms with van der Waals surface area (Å²) < 4.78 is 14.2. The Hall–Kier alpha value is -2.17. The van der Waals surface area contributed by atoms with E-state index in [0.29, 0.717) is 34.3 Å². The predicted octanol–water partition coefficient (Wildman–Crippen LogP) is 5.74. The summed E-state index contributed by atoms with van der Waals surface area (Å²) in [7, 11) is 0. The molecule has 3 nitrogen and oxygen atoms in total. The Morgan fingerprint density at radius 3 is 2.81 bits per heavy atom. The van der Waals surface area contributed by atoms with Crippen LogP contribution in [0.1, 0.15) is 39.5 Å². The van der Waals surface area contributed by atoms with Crippen LogP contribution in [0.25, 0.3) is 11.3 Å². The Morgan fingerprint density at radius 2 is 2.08 bits per heavy atom. The van der Waals surface area contributed by atoms with Gasteiger partial charge in [-0.05, 0) is 55.2 Å². The number of hydrogen-bond donors (Lipinski definition) is 1. The zero-order chi connectivity index (χ0) is 18.4. The Kier molecular flexibility index (Phi) is 4.33. The SMILES string of the molecule is Cc1cc(Cl)ncc1C1CCc2[nH]c(-c3c(F)cccc3Cl)cc2C1=O. The quantitative estimate of drug-likeness (QED) is 0.568. The molecule has 132 valence electrons. The first kappa shape index (κ1) is 17.3. The third kappa shape index (κ3) is 2.83. The van der Waals surface area contributed by atoms with Crippen LogP contribution in [-0.4, -0.2) is 15.8 Å². The maximum absolute atomic E-state index is 14.2. The first-order chi connectivity index (χ1) is 12.5. The molecule has 4 rings (SSSR count). The van der Waals surface area contributed by atoms with Gasteiger partial charge in [0.25, 0.3) is 0 Å². The fourth-order valence-corrected chi connectivity index (χ4v) is 4.08. The van der Waals surface area contributed by atoms with Gasteiger partial charge in [0.05, 0.1) is 16.3 Å². The average molecular weight is 389 g/mol. The number of nitrogens with one attached hydrogen (secondary N) is 1. The van der Waals surface area contributed by atoms with Gasteiger partial charge in [-0.3, -0.25) is 4.79 Å². The van der Waals surface area contributed by atoms with E-state index in [2.05, 4.69) is 9.97 Å². The van der Waals surface area contributed by atoms with Crippen LogP contribution in [-0.2, 0) is 6.42 Å². The highest BCUT2D eigenvalue weighted by atomic mass is 35.5. The van der Waals surface area contributed by atoms with Crippen LogP contribution in [0.15, 0.2) is 36.5 Å². The lowest BCUT2D eigenvalue weighted by molar-refractivity contribution is 0.0945. The number of benzene rings is 1. The van der Waals surface area contributed by atoms with Crippen molar-refractivity contribution >= 4 is 29.0 Å². The van der Waals surface area contributed by atoms with Gasteiger partial charge in [0.1, 0.15) is 11.0 Å². The van der Waals surface area contributed by atoms with Crippen LogP contribution >= 0.6 is 23.2 Å².